The van der Waals surface area contributed by atoms with Crippen LogP contribution < -0.4 is 5.32 Å². The summed E-state index contributed by atoms with van der Waals surface area (Å²) in [6.45, 7) is 1.63. The Morgan fingerprint density at radius 1 is 1.00 bits per heavy atom. The Hall–Kier alpha value is -0.880. The van der Waals surface area contributed by atoms with Crippen LogP contribution in [0.2, 0.25) is 20.1 Å². The van der Waals surface area contributed by atoms with E-state index in [1.165, 1.54) is 6.07 Å². The molecule has 4 nitrogen and oxygen atoms in total. The molecule has 2 N–H and O–H groups in total. The highest BCUT2D eigenvalue weighted by molar-refractivity contribution is 6.54. The predicted molar refractivity (Wildman–Crippen MR) is 114 cm³/mol. The van der Waals surface area contributed by atoms with Gasteiger partial charge >= 0.3 is 5.97 Å². The van der Waals surface area contributed by atoms with Gasteiger partial charge in [-0.2, -0.15) is 0 Å². The van der Waals surface area contributed by atoms with Crippen molar-refractivity contribution in [3.63, 3.8) is 0 Å². The highest BCUT2D eigenvalue weighted by Crippen LogP contribution is 2.65. The number of rotatable bonds is 4. The van der Waals surface area contributed by atoms with E-state index < -0.39 is 28.0 Å². The summed E-state index contributed by atoms with van der Waals surface area (Å²) >= 11 is 36.7. The second kappa shape index (κ2) is 7.75. The summed E-state index contributed by atoms with van der Waals surface area (Å²) in [5.74, 6) is -3.04. The number of nitrogens with one attached hydrogen (secondary N) is 1. The number of alkyl halides is 2. The van der Waals surface area contributed by atoms with Crippen LogP contribution in [-0.2, 0) is 4.79 Å². The van der Waals surface area contributed by atoms with Crippen molar-refractivity contribution in [1.29, 1.82) is 0 Å². The lowest BCUT2D eigenvalue weighted by Crippen LogP contribution is -2.17. The van der Waals surface area contributed by atoms with Crippen LogP contribution in [0.25, 0.3) is 0 Å². The van der Waals surface area contributed by atoms with Gasteiger partial charge in [-0.25, -0.2) is 4.79 Å². The summed E-state index contributed by atoms with van der Waals surface area (Å²) in [6, 6.07) is 5.95. The zero-order chi connectivity index (χ0) is 21.0. The quantitative estimate of drug-likeness (QED) is 0.356. The van der Waals surface area contributed by atoms with Crippen molar-refractivity contribution in [2.45, 2.75) is 17.2 Å². The van der Waals surface area contributed by atoms with Crippen LogP contribution in [0.5, 0.6) is 0 Å². The molecule has 0 radical (unpaired) electrons. The maximum atomic E-state index is 12.7. The molecule has 0 bridgehead atoms. The number of halogens is 6. The molecule has 0 aromatic heterocycles. The summed E-state index contributed by atoms with van der Waals surface area (Å²) in [5, 5.41) is 12.6. The molecule has 0 aliphatic heterocycles. The summed E-state index contributed by atoms with van der Waals surface area (Å²) in [4.78, 5) is 24.1. The average molecular weight is 502 g/mol. The lowest BCUT2D eigenvalue weighted by atomic mass is 10.1. The van der Waals surface area contributed by atoms with Crippen LogP contribution in [0.3, 0.4) is 0 Å². The van der Waals surface area contributed by atoms with Gasteiger partial charge in [-0.3, -0.25) is 4.79 Å². The van der Waals surface area contributed by atoms with Gasteiger partial charge in [0.15, 0.2) is 0 Å². The first-order valence-corrected chi connectivity index (χ1v) is 10.1. The van der Waals surface area contributed by atoms with Gasteiger partial charge in [0.1, 0.15) is 4.33 Å². The topological polar surface area (TPSA) is 66.4 Å². The second-order valence-corrected chi connectivity index (χ2v) is 9.39. The average Bonchev–Trinajstić information content (AvgIpc) is 3.17. The van der Waals surface area contributed by atoms with E-state index >= 15 is 0 Å². The minimum absolute atomic E-state index is 0.101. The van der Waals surface area contributed by atoms with Crippen molar-refractivity contribution in [2.75, 3.05) is 5.32 Å². The first kappa shape index (κ1) is 21.8. The normalized spacial score (nSPS) is 20.0. The van der Waals surface area contributed by atoms with Crippen LogP contribution >= 0.6 is 69.6 Å². The summed E-state index contributed by atoms with van der Waals surface area (Å²) in [5.41, 5.74) is 1.22. The fourth-order valence-corrected chi connectivity index (χ4v) is 4.67. The number of anilines is 1. The number of aromatic carboxylic acids is 1. The van der Waals surface area contributed by atoms with Gasteiger partial charge in [-0.15, -0.1) is 23.2 Å². The van der Waals surface area contributed by atoms with Gasteiger partial charge in [-0.1, -0.05) is 46.4 Å². The highest BCUT2D eigenvalue weighted by Gasteiger charge is 2.67. The molecule has 1 aliphatic carbocycles. The maximum absolute atomic E-state index is 12.7. The zero-order valence-electron chi connectivity index (χ0n) is 14.0. The highest BCUT2D eigenvalue weighted by atomic mass is 35.5. The van der Waals surface area contributed by atoms with Crippen LogP contribution in [0, 0.1) is 12.8 Å². The molecular formula is C18H11Cl6NO3. The molecule has 1 saturated carbocycles. The SMILES string of the molecule is Cc1cc(NC(=O)[C@H]2C(c3cc(Cl)c(Cl)c(Cl)c3)C2(Cl)Cl)cc(C(=O)O)c1Cl. The molecule has 10 heteroatoms. The molecule has 3 rings (SSSR count). The van der Waals surface area contributed by atoms with Crippen molar-refractivity contribution < 1.29 is 14.7 Å². The third-order valence-electron chi connectivity index (χ3n) is 4.45. The van der Waals surface area contributed by atoms with E-state index in [0.29, 0.717) is 11.1 Å². The van der Waals surface area contributed by atoms with E-state index in [1.54, 1.807) is 25.1 Å². The van der Waals surface area contributed by atoms with Crippen LogP contribution in [-0.4, -0.2) is 21.3 Å². The maximum Gasteiger partial charge on any atom is 0.337 e. The number of carbonyl (C=O) groups excluding carboxylic acids is 1. The number of hydrogen-bond acceptors (Lipinski definition) is 2. The monoisotopic (exact) mass is 499 g/mol. The first-order chi connectivity index (χ1) is 12.9. The molecule has 2 aromatic rings. The number of aryl methyl sites for hydroxylation is 1. The minimum atomic E-state index is -1.37. The Balaban J connectivity index is 1.87. The summed E-state index contributed by atoms with van der Waals surface area (Å²) < 4.78 is -1.37. The third kappa shape index (κ3) is 3.91. The Labute approximate surface area is 190 Å². The molecule has 1 unspecified atom stereocenters. The molecule has 148 valence electrons. The first-order valence-electron chi connectivity index (χ1n) is 7.81. The molecule has 0 spiro atoms. The standard InChI is InChI=1S/C18H11Cl6NO3/c1-6-2-8(5-9(14(6)21)17(27)28)25-16(26)13-12(18(13,23)24)7-3-10(19)15(22)11(20)4-7/h2-5,12-13H,1H3,(H,25,26)(H,27,28)/t12?,13-/m1/s1. The minimum Gasteiger partial charge on any atom is -0.478 e. The van der Waals surface area contributed by atoms with E-state index in [0.717, 1.165) is 0 Å². The Bertz CT molecular complexity index is 984. The van der Waals surface area contributed by atoms with Crippen LogP contribution in [0.4, 0.5) is 5.69 Å². The lowest BCUT2D eigenvalue weighted by Gasteiger charge is -2.10. The summed E-state index contributed by atoms with van der Waals surface area (Å²) in [6.07, 6.45) is 0. The number of carbonyl (C=O) groups is 2. The number of carboxylic acid groups (broad SMARTS) is 1. The summed E-state index contributed by atoms with van der Waals surface area (Å²) in [7, 11) is 0. The molecule has 2 atom stereocenters. The van der Waals surface area contributed by atoms with Gasteiger partial charge in [0.2, 0.25) is 5.91 Å². The predicted octanol–water partition coefficient (Wildman–Crippen LogP) is 6.83. The van der Waals surface area contributed by atoms with Crippen LogP contribution in [0.15, 0.2) is 24.3 Å². The Kier molecular flexibility index (Phi) is 6.04. The van der Waals surface area contributed by atoms with Crippen molar-refractivity contribution in [1.82, 2.24) is 0 Å². The Morgan fingerprint density at radius 3 is 2.11 bits per heavy atom. The van der Waals surface area contributed by atoms with Crippen LogP contribution in [0.1, 0.15) is 27.4 Å². The Morgan fingerprint density at radius 2 is 1.57 bits per heavy atom. The number of benzene rings is 2. The largest absolute Gasteiger partial charge is 0.478 e. The fourth-order valence-electron chi connectivity index (χ4n) is 3.04. The van der Waals surface area contributed by atoms with Gasteiger partial charge in [0.05, 0.1) is 31.6 Å². The van der Waals surface area contributed by atoms with Crippen molar-refractivity contribution >= 4 is 87.2 Å². The number of carboxylic acids is 1. The van der Waals surface area contributed by atoms with E-state index in [-0.39, 0.29) is 31.3 Å². The smallest absolute Gasteiger partial charge is 0.337 e. The molecule has 1 aliphatic rings. The molecule has 28 heavy (non-hydrogen) atoms. The molecule has 0 heterocycles. The molecule has 0 saturated heterocycles. The molecule has 1 amide bonds. The van der Waals surface area contributed by atoms with E-state index in [2.05, 4.69) is 5.32 Å². The van der Waals surface area contributed by atoms with Gasteiger partial charge in [0.25, 0.3) is 0 Å². The van der Waals surface area contributed by atoms with Gasteiger partial charge in [-0.05, 0) is 42.3 Å². The van der Waals surface area contributed by atoms with Crippen molar-refractivity contribution in [3.05, 3.63) is 61.0 Å². The van der Waals surface area contributed by atoms with Crippen molar-refractivity contribution in [3.8, 4) is 0 Å². The van der Waals surface area contributed by atoms with E-state index in [4.69, 9.17) is 69.6 Å². The van der Waals surface area contributed by atoms with E-state index in [9.17, 15) is 14.7 Å². The third-order valence-corrected chi connectivity index (χ3v) is 7.09. The second-order valence-electron chi connectivity index (χ2n) is 6.38. The van der Waals surface area contributed by atoms with Crippen molar-refractivity contribution in [2.24, 2.45) is 5.92 Å². The van der Waals surface area contributed by atoms with Gasteiger partial charge in [0, 0.05) is 11.6 Å². The fraction of sp³-hybridized carbons (Fsp3) is 0.222. The zero-order valence-corrected chi connectivity index (χ0v) is 18.5. The van der Waals surface area contributed by atoms with Gasteiger partial charge < -0.3 is 10.4 Å². The molecule has 1 fully saturated rings. The van der Waals surface area contributed by atoms with E-state index in [1.807, 2.05) is 0 Å². The molecule has 2 aromatic carbocycles. The number of hydrogen-bond donors (Lipinski definition) is 2. The lowest BCUT2D eigenvalue weighted by molar-refractivity contribution is -0.117. The molecular weight excluding hydrogens is 491 g/mol. The number of amides is 1.